The van der Waals surface area contributed by atoms with E-state index >= 15 is 0 Å². The second kappa shape index (κ2) is 3.81. The van der Waals surface area contributed by atoms with Crippen molar-refractivity contribution in [3.05, 3.63) is 24.0 Å². The second-order valence-electron chi connectivity index (χ2n) is 4.54. The van der Waals surface area contributed by atoms with Crippen molar-refractivity contribution in [2.45, 2.75) is 18.8 Å². The lowest BCUT2D eigenvalue weighted by molar-refractivity contribution is 0.330. The van der Waals surface area contributed by atoms with Gasteiger partial charge in [-0.3, -0.25) is 4.98 Å². The van der Waals surface area contributed by atoms with E-state index in [0.717, 1.165) is 12.5 Å². The first kappa shape index (κ1) is 9.16. The second-order valence-corrected chi connectivity index (χ2v) is 4.54. The normalized spacial score (nSPS) is 26.0. The topological polar surface area (TPSA) is 37.0 Å². The van der Waals surface area contributed by atoms with E-state index in [2.05, 4.69) is 21.7 Å². The number of fused-ring (bicyclic) bond motifs is 1. The summed E-state index contributed by atoms with van der Waals surface area (Å²) < 4.78 is 0. The maximum atomic E-state index is 4.16. The van der Waals surface area contributed by atoms with Crippen molar-refractivity contribution in [3.63, 3.8) is 0 Å². The number of anilines is 1. The highest BCUT2D eigenvalue weighted by Gasteiger charge is 2.30. The number of pyridine rings is 1. The van der Waals surface area contributed by atoms with Crippen LogP contribution in [0.25, 0.3) is 0 Å². The van der Waals surface area contributed by atoms with Gasteiger partial charge in [-0.2, -0.15) is 0 Å². The molecule has 0 aromatic carbocycles. The van der Waals surface area contributed by atoms with Crippen LogP contribution in [0, 0.1) is 5.92 Å². The van der Waals surface area contributed by atoms with Crippen LogP contribution in [0.2, 0.25) is 0 Å². The van der Waals surface area contributed by atoms with Crippen molar-refractivity contribution >= 4 is 5.69 Å². The molecule has 2 N–H and O–H groups in total. The zero-order valence-electron chi connectivity index (χ0n) is 8.87. The number of aromatic nitrogens is 1. The molecule has 2 aliphatic rings. The van der Waals surface area contributed by atoms with E-state index in [9.17, 15) is 0 Å². The molecule has 0 radical (unpaired) electrons. The fourth-order valence-corrected chi connectivity index (χ4v) is 2.87. The lowest BCUT2D eigenvalue weighted by Crippen LogP contribution is -2.31. The first-order chi connectivity index (χ1) is 7.45. The molecule has 3 heterocycles. The maximum absolute atomic E-state index is 4.16. The fraction of sp³-hybridized carbons (Fsp3) is 0.583. The summed E-state index contributed by atoms with van der Waals surface area (Å²) in [7, 11) is 0. The number of nitrogens with one attached hydrogen (secondary N) is 2. The lowest BCUT2D eigenvalue weighted by atomic mass is 9.82. The molecule has 0 spiro atoms. The first-order valence-electron chi connectivity index (χ1n) is 5.83. The van der Waals surface area contributed by atoms with Crippen LogP contribution >= 0.6 is 0 Å². The molecule has 15 heavy (non-hydrogen) atoms. The molecule has 1 unspecified atom stereocenters. The van der Waals surface area contributed by atoms with Crippen LogP contribution < -0.4 is 10.6 Å². The van der Waals surface area contributed by atoms with E-state index in [1.807, 2.05) is 12.4 Å². The molecule has 1 atom stereocenters. The molecule has 3 rings (SSSR count). The van der Waals surface area contributed by atoms with Crippen molar-refractivity contribution in [3.8, 4) is 0 Å². The van der Waals surface area contributed by atoms with Gasteiger partial charge in [-0.15, -0.1) is 0 Å². The van der Waals surface area contributed by atoms with Crippen molar-refractivity contribution in [1.82, 2.24) is 10.3 Å². The lowest BCUT2D eigenvalue weighted by Gasteiger charge is -2.27. The van der Waals surface area contributed by atoms with Gasteiger partial charge in [0.25, 0.3) is 0 Å². The van der Waals surface area contributed by atoms with Crippen LogP contribution in [0.15, 0.2) is 18.5 Å². The molecule has 2 aliphatic heterocycles. The highest BCUT2D eigenvalue weighted by Crippen LogP contribution is 2.38. The van der Waals surface area contributed by atoms with E-state index in [4.69, 9.17) is 0 Å². The molecule has 1 aromatic rings. The summed E-state index contributed by atoms with van der Waals surface area (Å²) in [6.07, 6.45) is 6.50. The number of rotatable bonds is 1. The van der Waals surface area contributed by atoms with Crippen molar-refractivity contribution < 1.29 is 0 Å². The van der Waals surface area contributed by atoms with Crippen LogP contribution in [0.4, 0.5) is 5.69 Å². The summed E-state index contributed by atoms with van der Waals surface area (Å²) >= 11 is 0. The summed E-state index contributed by atoms with van der Waals surface area (Å²) in [6, 6.07) is 2.18. The average molecular weight is 203 g/mol. The number of hydrogen-bond acceptors (Lipinski definition) is 3. The predicted molar refractivity (Wildman–Crippen MR) is 61.1 cm³/mol. The quantitative estimate of drug-likeness (QED) is 0.728. The Bertz CT molecular complexity index is 344. The molecule has 1 fully saturated rings. The monoisotopic (exact) mass is 203 g/mol. The Hall–Kier alpha value is -1.09. The summed E-state index contributed by atoms with van der Waals surface area (Å²) in [5, 5.41) is 6.89. The molecule has 3 nitrogen and oxygen atoms in total. The van der Waals surface area contributed by atoms with Gasteiger partial charge in [0.05, 0.1) is 11.9 Å². The minimum atomic E-state index is 0.713. The minimum absolute atomic E-state index is 0.713. The fourth-order valence-electron chi connectivity index (χ4n) is 2.87. The molecule has 3 heteroatoms. The summed E-state index contributed by atoms with van der Waals surface area (Å²) in [5.41, 5.74) is 2.73. The van der Waals surface area contributed by atoms with Crippen LogP contribution in [0.1, 0.15) is 24.3 Å². The minimum Gasteiger partial charge on any atom is -0.383 e. The van der Waals surface area contributed by atoms with Crippen molar-refractivity contribution in [1.29, 1.82) is 0 Å². The van der Waals surface area contributed by atoms with Gasteiger partial charge in [-0.1, -0.05) is 0 Å². The van der Waals surface area contributed by atoms with Crippen LogP contribution in [0.5, 0.6) is 0 Å². The highest BCUT2D eigenvalue weighted by molar-refractivity contribution is 5.56. The van der Waals surface area contributed by atoms with E-state index in [1.54, 1.807) is 0 Å². The third-order valence-electron chi connectivity index (χ3n) is 3.72. The third kappa shape index (κ3) is 1.61. The highest BCUT2D eigenvalue weighted by atomic mass is 14.9. The smallest absolute Gasteiger partial charge is 0.0563 e. The van der Waals surface area contributed by atoms with Gasteiger partial charge in [-0.05, 0) is 43.5 Å². The van der Waals surface area contributed by atoms with Crippen LogP contribution in [-0.2, 0) is 0 Å². The van der Waals surface area contributed by atoms with Gasteiger partial charge < -0.3 is 10.6 Å². The van der Waals surface area contributed by atoms with E-state index in [0.29, 0.717) is 5.92 Å². The van der Waals surface area contributed by atoms with Gasteiger partial charge in [0, 0.05) is 18.7 Å². The molecular weight excluding hydrogens is 186 g/mol. The van der Waals surface area contributed by atoms with E-state index in [1.165, 1.54) is 37.2 Å². The zero-order valence-corrected chi connectivity index (χ0v) is 8.87. The van der Waals surface area contributed by atoms with Gasteiger partial charge in [0.15, 0.2) is 0 Å². The summed E-state index contributed by atoms with van der Waals surface area (Å²) in [6.45, 7) is 3.47. The third-order valence-corrected chi connectivity index (χ3v) is 3.72. The van der Waals surface area contributed by atoms with Crippen molar-refractivity contribution in [2.24, 2.45) is 5.92 Å². The van der Waals surface area contributed by atoms with Gasteiger partial charge in [-0.25, -0.2) is 0 Å². The SMILES string of the molecule is c1cc2c(cn1)NCC2C1CCNCC1. The van der Waals surface area contributed by atoms with Crippen molar-refractivity contribution in [2.75, 3.05) is 25.0 Å². The van der Waals surface area contributed by atoms with E-state index in [-0.39, 0.29) is 0 Å². The molecule has 0 bridgehead atoms. The van der Waals surface area contributed by atoms with Crippen LogP contribution in [-0.4, -0.2) is 24.6 Å². The predicted octanol–water partition coefficient (Wildman–Crippen LogP) is 1.59. The number of nitrogens with zero attached hydrogens (tertiary/aromatic N) is 1. The molecule has 1 aromatic heterocycles. The molecule has 1 saturated heterocycles. The van der Waals surface area contributed by atoms with Crippen LogP contribution in [0.3, 0.4) is 0 Å². The Morgan fingerprint density at radius 3 is 3.00 bits per heavy atom. The number of hydrogen-bond donors (Lipinski definition) is 2. The Morgan fingerprint density at radius 2 is 2.13 bits per heavy atom. The average Bonchev–Trinajstić information content (AvgIpc) is 2.74. The maximum Gasteiger partial charge on any atom is 0.0563 e. The summed E-state index contributed by atoms with van der Waals surface area (Å²) in [4.78, 5) is 4.16. The molecule has 80 valence electrons. The standard InChI is InChI=1S/C12H17N3/c1-4-13-5-2-9(1)11-7-15-12-8-14-6-3-10(11)12/h3,6,8-9,11,13,15H,1-2,4-5,7H2. The molecule has 0 amide bonds. The van der Waals surface area contributed by atoms with Gasteiger partial charge >= 0.3 is 0 Å². The molecule has 0 aliphatic carbocycles. The number of piperidine rings is 1. The molecule has 0 saturated carbocycles. The molecular formula is C12H17N3. The Labute approximate surface area is 90.3 Å². The Balaban J connectivity index is 1.83. The van der Waals surface area contributed by atoms with Gasteiger partial charge in [0.1, 0.15) is 0 Å². The largest absolute Gasteiger partial charge is 0.383 e. The Morgan fingerprint density at radius 1 is 1.27 bits per heavy atom. The van der Waals surface area contributed by atoms with E-state index < -0.39 is 0 Å². The summed E-state index contributed by atoms with van der Waals surface area (Å²) in [5.74, 6) is 1.56. The van der Waals surface area contributed by atoms with Gasteiger partial charge in [0.2, 0.25) is 0 Å². The zero-order chi connectivity index (χ0) is 10.1. The Kier molecular flexibility index (Phi) is 2.33. The first-order valence-corrected chi connectivity index (χ1v) is 5.83.